The Labute approximate surface area is 204 Å². The van der Waals surface area contributed by atoms with Gasteiger partial charge in [0.05, 0.1) is 18.7 Å². The number of amides is 2. The second-order valence-electron chi connectivity index (χ2n) is 8.36. The molecule has 34 heavy (non-hydrogen) atoms. The van der Waals surface area contributed by atoms with Crippen LogP contribution in [0.5, 0.6) is 0 Å². The Kier molecular flexibility index (Phi) is 7.28. The molecule has 0 bridgehead atoms. The molecule has 1 aliphatic heterocycles. The minimum absolute atomic E-state index is 0.173. The number of hydrogen-bond acceptors (Lipinski definition) is 4. The molecule has 0 radical (unpaired) electrons. The smallest absolute Gasteiger partial charge is 0.243 e. The van der Waals surface area contributed by atoms with Crippen molar-refractivity contribution in [2.45, 2.75) is 25.6 Å². The second-order valence-corrected chi connectivity index (χ2v) is 8.79. The zero-order chi connectivity index (χ0) is 24.1. The van der Waals surface area contributed by atoms with Crippen LogP contribution < -0.4 is 15.5 Å². The molecule has 0 aliphatic carbocycles. The fourth-order valence-corrected chi connectivity index (χ4v) is 4.10. The summed E-state index contributed by atoms with van der Waals surface area (Å²) in [5.74, 6) is -0.520. The van der Waals surface area contributed by atoms with E-state index in [0.29, 0.717) is 11.6 Å². The average Bonchev–Trinajstić information content (AvgIpc) is 2.97. The van der Waals surface area contributed by atoms with Gasteiger partial charge in [-0.05, 0) is 30.7 Å². The van der Waals surface area contributed by atoms with Gasteiger partial charge in [0.15, 0.2) is 0 Å². The molecule has 1 heterocycles. The summed E-state index contributed by atoms with van der Waals surface area (Å²) in [5, 5.41) is 6.39. The lowest BCUT2D eigenvalue weighted by Crippen LogP contribution is -2.50. The van der Waals surface area contributed by atoms with E-state index in [9.17, 15) is 9.59 Å². The summed E-state index contributed by atoms with van der Waals surface area (Å²) in [5.41, 5.74) is 4.69. The van der Waals surface area contributed by atoms with E-state index in [1.165, 1.54) is 0 Å². The van der Waals surface area contributed by atoms with Gasteiger partial charge in [0, 0.05) is 28.9 Å². The number of benzene rings is 3. The van der Waals surface area contributed by atoms with Crippen molar-refractivity contribution in [3.05, 3.63) is 101 Å². The van der Waals surface area contributed by atoms with Crippen LogP contribution in [0.15, 0.2) is 83.9 Å². The number of likely N-dealkylation sites (N-methyl/N-ethyl adjacent to an activating group) is 1. The Morgan fingerprint density at radius 1 is 1.03 bits per heavy atom. The van der Waals surface area contributed by atoms with Crippen LogP contribution in [0.1, 0.15) is 23.6 Å². The van der Waals surface area contributed by atoms with Gasteiger partial charge in [-0.15, -0.1) is 0 Å². The van der Waals surface area contributed by atoms with Crippen molar-refractivity contribution in [1.82, 2.24) is 10.6 Å². The molecule has 0 aromatic heterocycles. The zero-order valence-corrected chi connectivity index (χ0v) is 19.9. The van der Waals surface area contributed by atoms with Crippen LogP contribution in [0.4, 0.5) is 5.69 Å². The molecule has 0 saturated heterocycles. The first-order valence-corrected chi connectivity index (χ1v) is 11.6. The third kappa shape index (κ3) is 5.64. The standard InChI is InChI=1S/C27H27ClN4O2/c1-18(29-25(33)16-19-12-14-21(28)15-13-19)27(34)31-24-17-32(2)23-11-7-6-10-22(23)26(30-24)20-8-4-3-5-9-20/h3-15,18,24H,16-17H2,1-2H3,(H,29,33)(H,31,34)/t18-,24+/m0/s1. The maximum atomic E-state index is 12.9. The minimum atomic E-state index is -0.703. The maximum absolute atomic E-state index is 12.9. The molecule has 4 rings (SSSR count). The van der Waals surface area contributed by atoms with E-state index in [1.54, 1.807) is 31.2 Å². The lowest BCUT2D eigenvalue weighted by molar-refractivity contribution is -0.128. The Morgan fingerprint density at radius 3 is 2.44 bits per heavy atom. The lowest BCUT2D eigenvalue weighted by atomic mass is 10.0. The number of nitrogens with one attached hydrogen (secondary N) is 2. The molecular weight excluding hydrogens is 448 g/mol. The quantitative estimate of drug-likeness (QED) is 0.570. The van der Waals surface area contributed by atoms with Crippen molar-refractivity contribution in [1.29, 1.82) is 0 Å². The second kappa shape index (κ2) is 10.5. The topological polar surface area (TPSA) is 73.8 Å². The molecule has 2 N–H and O–H groups in total. The summed E-state index contributed by atoms with van der Waals surface area (Å²) < 4.78 is 0. The fourth-order valence-electron chi connectivity index (χ4n) is 3.97. The third-order valence-electron chi connectivity index (χ3n) is 5.71. The van der Waals surface area contributed by atoms with Gasteiger partial charge in [0.2, 0.25) is 11.8 Å². The normalized spacial score (nSPS) is 16.0. The summed E-state index contributed by atoms with van der Waals surface area (Å²) >= 11 is 5.90. The molecule has 0 fully saturated rings. The first-order chi connectivity index (χ1) is 16.4. The highest BCUT2D eigenvalue weighted by molar-refractivity contribution is 6.30. The van der Waals surface area contributed by atoms with Crippen LogP contribution >= 0.6 is 11.6 Å². The Balaban J connectivity index is 1.48. The highest BCUT2D eigenvalue weighted by Gasteiger charge is 2.25. The number of benzodiazepines with no additional fused rings is 1. The Hall–Kier alpha value is -3.64. The first-order valence-electron chi connectivity index (χ1n) is 11.2. The van der Waals surface area contributed by atoms with E-state index in [0.717, 1.165) is 28.1 Å². The molecule has 2 amide bonds. The number of hydrogen-bond donors (Lipinski definition) is 2. The molecule has 3 aromatic rings. The zero-order valence-electron chi connectivity index (χ0n) is 19.2. The summed E-state index contributed by atoms with van der Waals surface area (Å²) in [4.78, 5) is 32.4. The number of halogens is 1. The van der Waals surface area contributed by atoms with Gasteiger partial charge >= 0.3 is 0 Å². The monoisotopic (exact) mass is 474 g/mol. The molecule has 174 valence electrons. The van der Waals surface area contributed by atoms with Crippen LogP contribution in [0.25, 0.3) is 0 Å². The van der Waals surface area contributed by atoms with Gasteiger partial charge in [-0.2, -0.15) is 0 Å². The number of carbonyl (C=O) groups excluding carboxylic acids is 2. The number of anilines is 1. The molecular formula is C27H27ClN4O2. The third-order valence-corrected chi connectivity index (χ3v) is 5.96. The summed E-state index contributed by atoms with van der Waals surface area (Å²) in [6.07, 6.45) is -0.303. The molecule has 3 aromatic carbocycles. The van der Waals surface area contributed by atoms with Gasteiger partial charge in [-0.1, -0.05) is 72.3 Å². The molecule has 0 unspecified atom stereocenters. The van der Waals surface area contributed by atoms with E-state index in [4.69, 9.17) is 16.6 Å². The fraction of sp³-hybridized carbons (Fsp3) is 0.222. The summed E-state index contributed by atoms with van der Waals surface area (Å²) in [7, 11) is 1.98. The van der Waals surface area contributed by atoms with Gasteiger partial charge in [0.1, 0.15) is 12.2 Å². The predicted molar refractivity (Wildman–Crippen MR) is 136 cm³/mol. The Bertz CT molecular complexity index is 1190. The van der Waals surface area contributed by atoms with Crippen LogP contribution in [0, 0.1) is 0 Å². The van der Waals surface area contributed by atoms with Crippen LogP contribution in [0.2, 0.25) is 5.02 Å². The van der Waals surface area contributed by atoms with Crippen molar-refractivity contribution in [3.63, 3.8) is 0 Å². The number of carbonyl (C=O) groups is 2. The van der Waals surface area contributed by atoms with E-state index < -0.39 is 12.2 Å². The minimum Gasteiger partial charge on any atom is -0.370 e. The molecule has 1 aliphatic rings. The van der Waals surface area contributed by atoms with Gasteiger partial charge in [-0.3, -0.25) is 14.6 Å². The number of rotatable bonds is 6. The van der Waals surface area contributed by atoms with Crippen LogP contribution in [0.3, 0.4) is 0 Å². The van der Waals surface area contributed by atoms with E-state index in [2.05, 4.69) is 21.6 Å². The highest BCUT2D eigenvalue weighted by atomic mass is 35.5. The van der Waals surface area contributed by atoms with E-state index >= 15 is 0 Å². The van der Waals surface area contributed by atoms with Gasteiger partial charge in [0.25, 0.3) is 0 Å². The number of nitrogens with zero attached hydrogens (tertiary/aromatic N) is 2. The number of fused-ring (bicyclic) bond motifs is 1. The van der Waals surface area contributed by atoms with Gasteiger partial charge in [-0.25, -0.2) is 0 Å². The predicted octanol–water partition coefficient (Wildman–Crippen LogP) is 3.82. The van der Waals surface area contributed by atoms with E-state index in [1.807, 2.05) is 55.6 Å². The summed E-state index contributed by atoms with van der Waals surface area (Å²) in [6, 6.07) is 24.4. The molecule has 0 spiro atoms. The van der Waals surface area contributed by atoms with Gasteiger partial charge < -0.3 is 15.5 Å². The molecule has 6 nitrogen and oxygen atoms in total. The summed E-state index contributed by atoms with van der Waals surface area (Å²) in [6.45, 7) is 2.18. The molecule has 7 heteroatoms. The number of aliphatic imine (C=N–C) groups is 1. The maximum Gasteiger partial charge on any atom is 0.243 e. The largest absolute Gasteiger partial charge is 0.370 e. The van der Waals surface area contributed by atoms with E-state index in [-0.39, 0.29) is 18.2 Å². The van der Waals surface area contributed by atoms with Crippen LogP contribution in [-0.2, 0) is 16.0 Å². The van der Waals surface area contributed by atoms with Crippen molar-refractivity contribution < 1.29 is 9.59 Å². The average molecular weight is 475 g/mol. The lowest BCUT2D eigenvalue weighted by Gasteiger charge is -2.24. The highest BCUT2D eigenvalue weighted by Crippen LogP contribution is 2.26. The molecule has 2 atom stereocenters. The van der Waals surface area contributed by atoms with Crippen LogP contribution in [-0.4, -0.2) is 43.3 Å². The van der Waals surface area contributed by atoms with Crippen molar-refractivity contribution in [3.8, 4) is 0 Å². The SMILES string of the molecule is C[C@H](NC(=O)Cc1ccc(Cl)cc1)C(=O)N[C@@H]1CN(C)c2ccccc2C(c2ccccc2)=N1. The first kappa shape index (κ1) is 23.5. The number of para-hydroxylation sites is 1. The molecule has 0 saturated carbocycles. The Morgan fingerprint density at radius 2 is 1.71 bits per heavy atom. The van der Waals surface area contributed by atoms with Crippen molar-refractivity contribution in [2.75, 3.05) is 18.5 Å². The van der Waals surface area contributed by atoms with Crippen molar-refractivity contribution in [2.24, 2.45) is 4.99 Å². The van der Waals surface area contributed by atoms with Crippen molar-refractivity contribution >= 4 is 34.8 Å².